The first-order valence-corrected chi connectivity index (χ1v) is 11.1. The van der Waals surface area contributed by atoms with Crippen LogP contribution in [0.15, 0.2) is 54.6 Å². The summed E-state index contributed by atoms with van der Waals surface area (Å²) in [6.07, 6.45) is 1.13. The highest BCUT2D eigenvalue weighted by Crippen LogP contribution is 2.22. The molecule has 2 heterocycles. The van der Waals surface area contributed by atoms with E-state index >= 15 is 0 Å². The molecule has 4 rings (SSSR count). The lowest BCUT2D eigenvalue weighted by Gasteiger charge is -2.29. The maximum Gasteiger partial charge on any atom is 0.228 e. The topological polar surface area (TPSA) is 53.1 Å². The number of ether oxygens (including phenoxy) is 1. The minimum atomic E-state index is -0.249. The molecule has 1 unspecified atom stereocenters. The van der Waals surface area contributed by atoms with Gasteiger partial charge in [-0.1, -0.05) is 42.5 Å². The van der Waals surface area contributed by atoms with Gasteiger partial charge in [0.2, 0.25) is 11.8 Å². The van der Waals surface area contributed by atoms with Gasteiger partial charge in [0.1, 0.15) is 0 Å². The summed E-state index contributed by atoms with van der Waals surface area (Å²) in [5.74, 6) is -0.119. The second-order valence-electron chi connectivity index (χ2n) is 8.44. The van der Waals surface area contributed by atoms with Gasteiger partial charge < -0.3 is 19.4 Å². The van der Waals surface area contributed by atoms with E-state index in [0.29, 0.717) is 26.1 Å². The zero-order valence-corrected chi connectivity index (χ0v) is 18.2. The molecule has 2 aromatic carbocycles. The largest absolute Gasteiger partial charge is 0.378 e. The predicted molar refractivity (Wildman–Crippen MR) is 121 cm³/mol. The van der Waals surface area contributed by atoms with E-state index < -0.39 is 0 Å². The van der Waals surface area contributed by atoms with Gasteiger partial charge in [0, 0.05) is 51.9 Å². The van der Waals surface area contributed by atoms with Crippen LogP contribution in [0.4, 0.5) is 5.69 Å². The summed E-state index contributed by atoms with van der Waals surface area (Å²) in [6.45, 7) is 5.09. The van der Waals surface area contributed by atoms with Crippen molar-refractivity contribution in [2.45, 2.75) is 19.4 Å². The van der Waals surface area contributed by atoms with Gasteiger partial charge in [-0.3, -0.25) is 9.59 Å². The molecule has 0 aromatic heterocycles. The molecule has 2 aliphatic rings. The first-order valence-electron chi connectivity index (χ1n) is 11.1. The maximum atomic E-state index is 13.0. The third-order valence-electron chi connectivity index (χ3n) is 6.19. The molecular weight excluding hydrogens is 390 g/mol. The molecule has 6 heteroatoms. The number of benzene rings is 2. The number of morpholine rings is 1. The maximum absolute atomic E-state index is 13.0. The smallest absolute Gasteiger partial charge is 0.228 e. The van der Waals surface area contributed by atoms with Crippen LogP contribution in [0.3, 0.4) is 0 Å². The van der Waals surface area contributed by atoms with Crippen LogP contribution in [-0.2, 0) is 27.3 Å². The molecule has 0 radical (unpaired) electrons. The molecule has 0 aliphatic carbocycles. The summed E-state index contributed by atoms with van der Waals surface area (Å²) in [4.78, 5) is 31.3. The lowest BCUT2D eigenvalue weighted by Crippen LogP contribution is -2.36. The van der Waals surface area contributed by atoms with Crippen LogP contribution in [0, 0.1) is 5.92 Å². The van der Waals surface area contributed by atoms with Crippen LogP contribution < -0.4 is 4.90 Å². The zero-order valence-electron chi connectivity index (χ0n) is 18.2. The SMILES string of the molecule is CN(Cc1ccc(N2CCOCC2)cc1)C(=O)C1CC(=O)N(CCc2ccccc2)C1. The fraction of sp³-hybridized carbons (Fsp3) is 0.440. The number of carbonyl (C=O) groups excluding carboxylic acids is 2. The molecule has 1 atom stereocenters. The number of hydrogen-bond acceptors (Lipinski definition) is 4. The van der Waals surface area contributed by atoms with Crippen molar-refractivity contribution in [1.82, 2.24) is 9.80 Å². The second-order valence-corrected chi connectivity index (χ2v) is 8.44. The Balaban J connectivity index is 1.28. The van der Waals surface area contributed by atoms with Crippen LogP contribution in [-0.4, -0.2) is 68.1 Å². The Morgan fingerprint density at radius 1 is 1.03 bits per heavy atom. The number of hydrogen-bond donors (Lipinski definition) is 0. The lowest BCUT2D eigenvalue weighted by molar-refractivity contribution is -0.135. The van der Waals surface area contributed by atoms with Gasteiger partial charge in [-0.05, 0) is 29.7 Å². The number of rotatable bonds is 7. The minimum Gasteiger partial charge on any atom is -0.378 e. The highest BCUT2D eigenvalue weighted by molar-refractivity contribution is 5.89. The third kappa shape index (κ3) is 5.44. The molecule has 6 nitrogen and oxygen atoms in total. The molecule has 0 bridgehead atoms. The van der Waals surface area contributed by atoms with Crippen molar-refractivity contribution < 1.29 is 14.3 Å². The van der Waals surface area contributed by atoms with Gasteiger partial charge in [0.05, 0.1) is 19.1 Å². The fourth-order valence-corrected chi connectivity index (χ4v) is 4.36. The molecule has 2 saturated heterocycles. The Morgan fingerprint density at radius 3 is 2.45 bits per heavy atom. The van der Waals surface area contributed by atoms with Gasteiger partial charge in [-0.25, -0.2) is 0 Å². The predicted octanol–water partition coefficient (Wildman–Crippen LogP) is 2.57. The molecule has 164 valence electrons. The van der Waals surface area contributed by atoms with E-state index in [1.54, 1.807) is 4.90 Å². The van der Waals surface area contributed by atoms with Crippen molar-refractivity contribution in [2.75, 3.05) is 51.3 Å². The van der Waals surface area contributed by atoms with E-state index in [2.05, 4.69) is 41.3 Å². The van der Waals surface area contributed by atoms with Gasteiger partial charge in [0.15, 0.2) is 0 Å². The fourth-order valence-electron chi connectivity index (χ4n) is 4.36. The highest BCUT2D eigenvalue weighted by Gasteiger charge is 2.35. The monoisotopic (exact) mass is 421 g/mol. The Kier molecular flexibility index (Phi) is 6.87. The molecule has 2 aromatic rings. The zero-order chi connectivity index (χ0) is 21.6. The Morgan fingerprint density at radius 2 is 1.74 bits per heavy atom. The summed E-state index contributed by atoms with van der Waals surface area (Å²) in [6, 6.07) is 18.5. The number of nitrogens with zero attached hydrogens (tertiary/aromatic N) is 3. The highest BCUT2D eigenvalue weighted by atomic mass is 16.5. The van der Waals surface area contributed by atoms with Gasteiger partial charge in [-0.2, -0.15) is 0 Å². The van der Waals surface area contributed by atoms with E-state index in [1.165, 1.54) is 11.3 Å². The molecule has 31 heavy (non-hydrogen) atoms. The van der Waals surface area contributed by atoms with Crippen LogP contribution in [0.2, 0.25) is 0 Å². The lowest BCUT2D eigenvalue weighted by atomic mass is 10.1. The van der Waals surface area contributed by atoms with Crippen LogP contribution >= 0.6 is 0 Å². The Labute approximate surface area is 184 Å². The molecule has 0 spiro atoms. The van der Waals surface area contributed by atoms with Crippen molar-refractivity contribution in [2.24, 2.45) is 5.92 Å². The summed E-state index contributed by atoms with van der Waals surface area (Å²) in [5.41, 5.74) is 3.50. The van der Waals surface area contributed by atoms with Crippen molar-refractivity contribution in [3.8, 4) is 0 Å². The Bertz CT molecular complexity index is 879. The summed E-state index contributed by atoms with van der Waals surface area (Å²) in [5, 5.41) is 0. The van der Waals surface area contributed by atoms with E-state index in [-0.39, 0.29) is 17.7 Å². The van der Waals surface area contributed by atoms with Crippen molar-refractivity contribution in [3.05, 3.63) is 65.7 Å². The van der Waals surface area contributed by atoms with E-state index in [0.717, 1.165) is 38.3 Å². The van der Waals surface area contributed by atoms with Crippen molar-refractivity contribution in [1.29, 1.82) is 0 Å². The average molecular weight is 422 g/mol. The number of likely N-dealkylation sites (tertiary alicyclic amines) is 1. The number of anilines is 1. The van der Waals surface area contributed by atoms with Crippen molar-refractivity contribution in [3.63, 3.8) is 0 Å². The van der Waals surface area contributed by atoms with Gasteiger partial charge >= 0.3 is 0 Å². The second kappa shape index (κ2) is 9.96. The summed E-state index contributed by atoms with van der Waals surface area (Å²) < 4.78 is 5.41. The van der Waals surface area contributed by atoms with E-state index in [9.17, 15) is 9.59 Å². The summed E-state index contributed by atoms with van der Waals surface area (Å²) in [7, 11) is 1.83. The van der Waals surface area contributed by atoms with E-state index in [4.69, 9.17) is 4.74 Å². The average Bonchev–Trinajstić information content (AvgIpc) is 3.19. The Hall–Kier alpha value is -2.86. The van der Waals surface area contributed by atoms with Crippen molar-refractivity contribution >= 4 is 17.5 Å². The van der Waals surface area contributed by atoms with Gasteiger partial charge in [-0.15, -0.1) is 0 Å². The number of amides is 2. The normalized spacial score (nSPS) is 19.0. The third-order valence-corrected chi connectivity index (χ3v) is 6.19. The first-order chi connectivity index (χ1) is 15.1. The molecule has 0 saturated carbocycles. The molecule has 2 fully saturated rings. The minimum absolute atomic E-state index is 0.0489. The molecule has 2 amide bonds. The molecular formula is C25H31N3O3. The first kappa shape index (κ1) is 21.4. The number of carbonyl (C=O) groups is 2. The quantitative estimate of drug-likeness (QED) is 0.690. The van der Waals surface area contributed by atoms with Crippen LogP contribution in [0.1, 0.15) is 17.5 Å². The van der Waals surface area contributed by atoms with Gasteiger partial charge in [0.25, 0.3) is 0 Å². The van der Waals surface area contributed by atoms with Crippen LogP contribution in [0.25, 0.3) is 0 Å². The molecule has 0 N–H and O–H groups in total. The van der Waals surface area contributed by atoms with Crippen LogP contribution in [0.5, 0.6) is 0 Å². The van der Waals surface area contributed by atoms with E-state index in [1.807, 2.05) is 30.1 Å². The standard InChI is InChI=1S/C25H31N3O3/c1-26(18-21-7-9-23(10-8-21)27-13-15-31-16-14-27)25(30)22-17-24(29)28(19-22)12-11-20-5-3-2-4-6-20/h2-10,22H,11-19H2,1H3. The summed E-state index contributed by atoms with van der Waals surface area (Å²) >= 11 is 0. The molecule has 2 aliphatic heterocycles.